The third-order valence-corrected chi connectivity index (χ3v) is 4.46. The highest BCUT2D eigenvalue weighted by atomic mass is 16.5. The van der Waals surface area contributed by atoms with Crippen LogP contribution in [0.5, 0.6) is 17.2 Å². The number of hydrogen-bond acceptors (Lipinski definition) is 4. The van der Waals surface area contributed by atoms with Gasteiger partial charge in [-0.1, -0.05) is 55.0 Å². The third kappa shape index (κ3) is 6.27. The minimum atomic E-state index is -0.595. The number of rotatable bonds is 10. The van der Waals surface area contributed by atoms with Gasteiger partial charge in [0.15, 0.2) is 6.10 Å². The van der Waals surface area contributed by atoms with Gasteiger partial charge < -0.3 is 19.5 Å². The zero-order chi connectivity index (χ0) is 21.2. The fourth-order valence-corrected chi connectivity index (χ4v) is 2.84. The molecule has 0 aliphatic rings. The Morgan fingerprint density at radius 2 is 1.50 bits per heavy atom. The molecule has 0 bridgehead atoms. The van der Waals surface area contributed by atoms with Crippen molar-refractivity contribution >= 4 is 11.6 Å². The van der Waals surface area contributed by atoms with Crippen molar-refractivity contribution in [2.75, 3.05) is 18.5 Å². The maximum absolute atomic E-state index is 12.8. The van der Waals surface area contributed by atoms with Gasteiger partial charge in [-0.05, 0) is 49.7 Å². The summed E-state index contributed by atoms with van der Waals surface area (Å²) in [6.45, 7) is 4.69. The second kappa shape index (κ2) is 10.9. The van der Waals surface area contributed by atoms with Gasteiger partial charge in [-0.2, -0.15) is 0 Å². The molecule has 0 heterocycles. The lowest BCUT2D eigenvalue weighted by Crippen LogP contribution is -2.32. The number of carbonyl (C=O) groups is 1. The van der Waals surface area contributed by atoms with E-state index in [0.717, 1.165) is 11.3 Å². The van der Waals surface area contributed by atoms with Crippen molar-refractivity contribution in [3.8, 4) is 17.2 Å². The maximum Gasteiger partial charge on any atom is 0.265 e. The van der Waals surface area contributed by atoms with Crippen LogP contribution in [0.3, 0.4) is 0 Å². The van der Waals surface area contributed by atoms with Crippen LogP contribution in [0.4, 0.5) is 5.69 Å². The molecule has 0 aliphatic heterocycles. The second-order valence-corrected chi connectivity index (χ2v) is 6.82. The molecule has 0 fully saturated rings. The van der Waals surface area contributed by atoms with Gasteiger partial charge in [-0.15, -0.1) is 0 Å². The molecule has 156 valence electrons. The molecule has 0 aliphatic carbocycles. The molecular weight excluding hydrogens is 378 g/mol. The molecule has 1 unspecified atom stereocenters. The summed E-state index contributed by atoms with van der Waals surface area (Å²) >= 11 is 0. The van der Waals surface area contributed by atoms with E-state index >= 15 is 0 Å². The van der Waals surface area contributed by atoms with E-state index in [1.165, 1.54) is 0 Å². The first-order valence-corrected chi connectivity index (χ1v) is 10.1. The number of para-hydroxylation sites is 3. The molecule has 0 saturated heterocycles. The molecule has 1 N–H and O–H groups in total. The van der Waals surface area contributed by atoms with Gasteiger partial charge in [0.25, 0.3) is 5.91 Å². The lowest BCUT2D eigenvalue weighted by molar-refractivity contribution is -0.122. The Kier molecular flexibility index (Phi) is 7.72. The lowest BCUT2D eigenvalue weighted by Gasteiger charge is -2.19. The van der Waals surface area contributed by atoms with Gasteiger partial charge in [0.1, 0.15) is 30.5 Å². The lowest BCUT2D eigenvalue weighted by atomic mass is 10.2. The van der Waals surface area contributed by atoms with E-state index < -0.39 is 6.10 Å². The fraction of sp³-hybridized carbons (Fsp3) is 0.240. The number of amides is 1. The molecule has 5 heteroatoms. The number of carbonyl (C=O) groups excluding carboxylic acids is 1. The Morgan fingerprint density at radius 3 is 2.23 bits per heavy atom. The van der Waals surface area contributed by atoms with E-state index in [4.69, 9.17) is 14.2 Å². The van der Waals surface area contributed by atoms with Crippen molar-refractivity contribution < 1.29 is 19.0 Å². The SMILES string of the molecule is CCC(Oc1ccc(C)cc1)C(=O)Nc1ccccc1OCCOc1ccccc1. The van der Waals surface area contributed by atoms with E-state index in [2.05, 4.69) is 5.32 Å². The van der Waals surface area contributed by atoms with Gasteiger partial charge in [-0.3, -0.25) is 4.79 Å². The van der Waals surface area contributed by atoms with E-state index in [9.17, 15) is 4.79 Å². The van der Waals surface area contributed by atoms with Crippen molar-refractivity contribution in [2.24, 2.45) is 0 Å². The zero-order valence-electron chi connectivity index (χ0n) is 17.3. The van der Waals surface area contributed by atoms with Crippen LogP contribution in [0, 0.1) is 6.92 Å². The average Bonchev–Trinajstić information content (AvgIpc) is 2.78. The number of hydrogen-bond donors (Lipinski definition) is 1. The highest BCUT2D eigenvalue weighted by molar-refractivity contribution is 5.95. The van der Waals surface area contributed by atoms with Gasteiger partial charge in [0, 0.05) is 0 Å². The average molecular weight is 405 g/mol. The Morgan fingerprint density at radius 1 is 0.833 bits per heavy atom. The molecule has 0 saturated carbocycles. The fourth-order valence-electron chi connectivity index (χ4n) is 2.84. The Balaban J connectivity index is 1.55. The Hall–Kier alpha value is -3.47. The van der Waals surface area contributed by atoms with Crippen molar-refractivity contribution in [2.45, 2.75) is 26.4 Å². The molecule has 0 radical (unpaired) electrons. The number of ether oxygens (including phenoxy) is 3. The molecule has 3 aromatic rings. The molecule has 3 aromatic carbocycles. The monoisotopic (exact) mass is 405 g/mol. The molecule has 5 nitrogen and oxygen atoms in total. The molecular formula is C25H27NO4. The summed E-state index contributed by atoms with van der Waals surface area (Å²) in [5.74, 6) is 1.84. The first kappa shape index (κ1) is 21.2. The predicted molar refractivity (Wildman–Crippen MR) is 118 cm³/mol. The van der Waals surface area contributed by atoms with Crippen molar-refractivity contribution in [1.29, 1.82) is 0 Å². The summed E-state index contributed by atoms with van der Waals surface area (Å²) in [4.78, 5) is 12.8. The van der Waals surface area contributed by atoms with E-state index in [0.29, 0.717) is 36.8 Å². The van der Waals surface area contributed by atoms with Crippen LogP contribution in [0.25, 0.3) is 0 Å². The number of aryl methyl sites for hydroxylation is 1. The highest BCUT2D eigenvalue weighted by Crippen LogP contribution is 2.25. The summed E-state index contributed by atoms with van der Waals surface area (Å²) in [7, 11) is 0. The number of anilines is 1. The summed E-state index contributed by atoms with van der Waals surface area (Å²) < 4.78 is 17.3. The topological polar surface area (TPSA) is 56.8 Å². The van der Waals surface area contributed by atoms with Crippen LogP contribution >= 0.6 is 0 Å². The van der Waals surface area contributed by atoms with Crippen molar-refractivity contribution in [3.05, 3.63) is 84.4 Å². The highest BCUT2D eigenvalue weighted by Gasteiger charge is 2.20. The van der Waals surface area contributed by atoms with Crippen molar-refractivity contribution in [3.63, 3.8) is 0 Å². The molecule has 30 heavy (non-hydrogen) atoms. The van der Waals surface area contributed by atoms with Crippen molar-refractivity contribution in [1.82, 2.24) is 0 Å². The summed E-state index contributed by atoms with van der Waals surface area (Å²) in [6.07, 6.45) is -0.0460. The predicted octanol–water partition coefficient (Wildman–Crippen LogP) is 5.25. The minimum absolute atomic E-state index is 0.213. The molecule has 3 rings (SSSR count). The van der Waals surface area contributed by atoms with E-state index in [-0.39, 0.29) is 5.91 Å². The molecule has 0 aromatic heterocycles. The second-order valence-electron chi connectivity index (χ2n) is 6.82. The molecule has 0 spiro atoms. The van der Waals surface area contributed by atoms with Crippen LogP contribution in [-0.4, -0.2) is 25.2 Å². The largest absolute Gasteiger partial charge is 0.490 e. The summed E-state index contributed by atoms with van der Waals surface area (Å²) in [5, 5.41) is 2.92. The van der Waals surface area contributed by atoms with Gasteiger partial charge in [-0.25, -0.2) is 0 Å². The van der Waals surface area contributed by atoms with Crippen LogP contribution < -0.4 is 19.5 Å². The van der Waals surface area contributed by atoms with E-state index in [1.807, 2.05) is 92.7 Å². The molecule has 1 amide bonds. The quantitative estimate of drug-likeness (QED) is 0.468. The van der Waals surface area contributed by atoms with Crippen LogP contribution in [0.15, 0.2) is 78.9 Å². The normalized spacial score (nSPS) is 11.4. The third-order valence-electron chi connectivity index (χ3n) is 4.46. The minimum Gasteiger partial charge on any atom is -0.490 e. The summed E-state index contributed by atoms with van der Waals surface area (Å²) in [5.41, 5.74) is 1.75. The Labute approximate surface area is 177 Å². The smallest absolute Gasteiger partial charge is 0.265 e. The van der Waals surface area contributed by atoms with Gasteiger partial charge in [0.2, 0.25) is 0 Å². The Bertz CT molecular complexity index is 925. The van der Waals surface area contributed by atoms with Crippen LogP contribution in [0.2, 0.25) is 0 Å². The zero-order valence-corrected chi connectivity index (χ0v) is 17.3. The first-order chi connectivity index (χ1) is 14.7. The van der Waals surface area contributed by atoms with Crippen LogP contribution in [0.1, 0.15) is 18.9 Å². The number of nitrogens with one attached hydrogen (secondary N) is 1. The van der Waals surface area contributed by atoms with Crippen LogP contribution in [-0.2, 0) is 4.79 Å². The van der Waals surface area contributed by atoms with Gasteiger partial charge in [0.05, 0.1) is 5.69 Å². The maximum atomic E-state index is 12.8. The van der Waals surface area contributed by atoms with Gasteiger partial charge >= 0.3 is 0 Å². The van der Waals surface area contributed by atoms with E-state index in [1.54, 1.807) is 0 Å². The standard InChI is InChI=1S/C25H27NO4/c1-3-23(30-21-15-13-19(2)14-16-21)25(27)26-22-11-7-8-12-24(22)29-18-17-28-20-9-5-4-6-10-20/h4-16,23H,3,17-18H2,1-2H3,(H,26,27). The number of benzene rings is 3. The summed E-state index contributed by atoms with van der Waals surface area (Å²) in [6, 6.07) is 24.6. The first-order valence-electron chi connectivity index (χ1n) is 10.1. The molecule has 1 atom stereocenters.